The van der Waals surface area contributed by atoms with Crippen molar-refractivity contribution in [2.75, 3.05) is 0 Å². The van der Waals surface area contributed by atoms with E-state index in [2.05, 4.69) is 130 Å². The van der Waals surface area contributed by atoms with Crippen LogP contribution in [-0.4, -0.2) is 24.1 Å². The van der Waals surface area contributed by atoms with Gasteiger partial charge in [0.25, 0.3) is 0 Å². The third kappa shape index (κ3) is 3.01. The number of rotatable bonds is 1. The van der Waals surface area contributed by atoms with Crippen LogP contribution in [0.4, 0.5) is 0 Å². The number of aromatic nitrogens is 5. The van der Waals surface area contributed by atoms with Crippen LogP contribution < -0.4 is 0 Å². The lowest BCUT2D eigenvalue weighted by atomic mass is 9.98. The molecule has 0 aliphatic carbocycles. The zero-order valence-corrected chi connectivity index (χ0v) is 24.5. The fourth-order valence-electron chi connectivity index (χ4n) is 7.71. The number of nitrogens with zero attached hydrogens (tertiary/aromatic N) is 5. The first-order valence-electron chi connectivity index (χ1n) is 15.5. The maximum absolute atomic E-state index is 5.36. The van der Waals surface area contributed by atoms with Crippen LogP contribution in [0, 0.1) is 0 Å². The highest BCUT2D eigenvalue weighted by Gasteiger charge is 2.30. The fourth-order valence-corrected chi connectivity index (χ4v) is 7.71. The first-order chi connectivity index (χ1) is 22.8. The average molecular weight is 586 g/mol. The molecule has 6 aromatic carbocycles. The van der Waals surface area contributed by atoms with Gasteiger partial charge < -0.3 is 4.57 Å². The van der Waals surface area contributed by atoms with E-state index in [1.54, 1.807) is 0 Å². The van der Waals surface area contributed by atoms with E-state index < -0.39 is 0 Å². The summed E-state index contributed by atoms with van der Waals surface area (Å²) in [6, 6.07) is 47.2. The molecule has 0 fully saturated rings. The van der Waals surface area contributed by atoms with Crippen molar-refractivity contribution in [1.82, 2.24) is 24.1 Å². The second-order valence-electron chi connectivity index (χ2n) is 12.1. The van der Waals surface area contributed by atoms with Crippen molar-refractivity contribution >= 4 is 65.4 Å². The van der Waals surface area contributed by atoms with Crippen LogP contribution in [0.2, 0.25) is 0 Å². The summed E-state index contributed by atoms with van der Waals surface area (Å²) in [6.07, 6.45) is 1.99. The Morgan fingerprint density at radius 1 is 0.457 bits per heavy atom. The molecule has 0 unspecified atom stereocenters. The van der Waals surface area contributed by atoms with Gasteiger partial charge in [0.2, 0.25) is 0 Å². The van der Waals surface area contributed by atoms with E-state index in [-0.39, 0.29) is 0 Å². The van der Waals surface area contributed by atoms with Gasteiger partial charge in [0, 0.05) is 44.3 Å². The molecule has 0 radical (unpaired) electrons. The van der Waals surface area contributed by atoms with E-state index in [0.717, 1.165) is 77.9 Å². The lowest BCUT2D eigenvalue weighted by Crippen LogP contribution is -1.98. The zero-order chi connectivity index (χ0) is 29.9. The van der Waals surface area contributed by atoms with Gasteiger partial charge in [0.1, 0.15) is 5.82 Å². The van der Waals surface area contributed by atoms with Gasteiger partial charge in [-0.1, -0.05) is 91.0 Å². The molecule has 0 saturated heterocycles. The Hall–Kier alpha value is -6.33. The minimum absolute atomic E-state index is 0.888. The van der Waals surface area contributed by atoms with Crippen molar-refractivity contribution in [2.24, 2.45) is 0 Å². The Morgan fingerprint density at radius 3 is 1.91 bits per heavy atom. The van der Waals surface area contributed by atoms with Crippen molar-refractivity contribution in [1.29, 1.82) is 0 Å². The number of pyridine rings is 1. The fraction of sp³-hybridized carbons (Fsp3) is 0. The van der Waals surface area contributed by atoms with Gasteiger partial charge >= 0.3 is 0 Å². The third-order valence-electron chi connectivity index (χ3n) is 9.64. The van der Waals surface area contributed by atoms with E-state index in [1.807, 2.05) is 18.3 Å². The summed E-state index contributed by atoms with van der Waals surface area (Å²) in [5.41, 5.74) is 11.4. The highest BCUT2D eigenvalue weighted by atomic mass is 15.1. The van der Waals surface area contributed by atoms with Crippen LogP contribution in [0.1, 0.15) is 0 Å². The van der Waals surface area contributed by atoms with E-state index in [4.69, 9.17) is 15.0 Å². The Balaban J connectivity index is 1.42. The molecule has 212 valence electrons. The number of hydrogen-bond acceptors (Lipinski definition) is 3. The smallest absolute Gasteiger partial charge is 0.138 e. The third-order valence-corrected chi connectivity index (χ3v) is 9.64. The van der Waals surface area contributed by atoms with Crippen LogP contribution in [-0.2, 0) is 0 Å². The Bertz CT molecular complexity index is 2930. The number of para-hydroxylation sites is 5. The minimum Gasteiger partial charge on any atom is -0.308 e. The van der Waals surface area contributed by atoms with Crippen molar-refractivity contribution in [3.63, 3.8) is 0 Å². The molecular formula is C41H23N5. The molecular weight excluding hydrogens is 562 g/mol. The van der Waals surface area contributed by atoms with Crippen molar-refractivity contribution in [3.8, 4) is 34.0 Å². The second kappa shape index (κ2) is 8.65. The molecule has 1 aliphatic heterocycles. The Kier molecular flexibility index (Phi) is 4.52. The van der Waals surface area contributed by atoms with E-state index >= 15 is 0 Å². The molecule has 0 amide bonds. The number of hydrogen-bond donors (Lipinski definition) is 0. The van der Waals surface area contributed by atoms with Crippen molar-refractivity contribution in [3.05, 3.63) is 140 Å². The van der Waals surface area contributed by atoms with Crippen LogP contribution in [0.25, 0.3) is 99.4 Å². The van der Waals surface area contributed by atoms with Gasteiger partial charge in [-0.05, 0) is 47.9 Å². The first kappa shape index (κ1) is 24.0. The first-order valence-corrected chi connectivity index (χ1v) is 15.5. The highest BCUT2D eigenvalue weighted by Crippen LogP contribution is 2.50. The predicted octanol–water partition coefficient (Wildman–Crippen LogP) is 10.0. The molecule has 0 spiro atoms. The molecule has 11 rings (SSSR count). The number of fused-ring (bicyclic) bond motifs is 14. The maximum Gasteiger partial charge on any atom is 0.138 e. The lowest BCUT2D eigenvalue weighted by Gasteiger charge is -2.12. The topological polar surface area (TPSA) is 48.5 Å². The minimum atomic E-state index is 0.888. The van der Waals surface area contributed by atoms with Crippen molar-refractivity contribution < 1.29 is 0 Å². The zero-order valence-electron chi connectivity index (χ0n) is 24.5. The monoisotopic (exact) mass is 585 g/mol. The molecule has 5 nitrogen and oxygen atoms in total. The molecule has 0 saturated carbocycles. The highest BCUT2D eigenvalue weighted by molar-refractivity contribution is 6.30. The van der Waals surface area contributed by atoms with Crippen LogP contribution >= 0.6 is 0 Å². The van der Waals surface area contributed by atoms with E-state index in [0.29, 0.717) is 0 Å². The molecule has 5 heteroatoms. The summed E-state index contributed by atoms with van der Waals surface area (Å²) < 4.78 is 4.79. The van der Waals surface area contributed by atoms with Crippen LogP contribution in [0.15, 0.2) is 140 Å². The van der Waals surface area contributed by atoms with E-state index in [1.165, 1.54) is 21.5 Å². The SMILES string of the molecule is c1ccc2c(c1)-c1nc3ccccc3nc1-c1cc3c4ccccc4n(-c4cc5ccccc5cn4)c3c3c4ccccc4n-2c13. The molecule has 0 bridgehead atoms. The van der Waals surface area contributed by atoms with Gasteiger partial charge in [-0.15, -0.1) is 0 Å². The van der Waals surface area contributed by atoms with Gasteiger partial charge in [-0.2, -0.15) is 0 Å². The second-order valence-corrected chi connectivity index (χ2v) is 12.1. The van der Waals surface area contributed by atoms with Gasteiger partial charge in [-0.25, -0.2) is 15.0 Å². The average Bonchev–Trinajstić information content (AvgIpc) is 3.60. The Labute approximate surface area is 262 Å². The van der Waals surface area contributed by atoms with Gasteiger partial charge in [0.15, 0.2) is 0 Å². The maximum atomic E-state index is 5.36. The quantitative estimate of drug-likeness (QED) is 0.193. The molecule has 4 aromatic heterocycles. The number of benzene rings is 6. The van der Waals surface area contributed by atoms with Gasteiger partial charge in [-0.3, -0.25) is 4.57 Å². The van der Waals surface area contributed by atoms with Crippen LogP contribution in [0.5, 0.6) is 0 Å². The molecule has 0 N–H and O–H groups in total. The standard InChI is InChI=1S/C41H23N5/c1-2-12-25-23-42-36(21-24(25)11-1)46-33-18-8-3-13-26(33)29-22-30-39-38(43-31-16-6-7-17-32(31)44-39)28-15-5-10-20-35(28)45-34-19-9-4-14-27(34)37(40(29)46)41(30)45/h1-23H. The summed E-state index contributed by atoms with van der Waals surface area (Å²) in [4.78, 5) is 15.7. The van der Waals surface area contributed by atoms with Gasteiger partial charge in [0.05, 0.1) is 50.2 Å². The van der Waals surface area contributed by atoms with Crippen LogP contribution in [0.3, 0.4) is 0 Å². The van der Waals surface area contributed by atoms with E-state index in [9.17, 15) is 0 Å². The summed E-state index contributed by atoms with van der Waals surface area (Å²) >= 11 is 0. The largest absolute Gasteiger partial charge is 0.308 e. The molecule has 10 aromatic rings. The summed E-state index contributed by atoms with van der Waals surface area (Å²) in [5, 5.41) is 7.02. The molecule has 0 atom stereocenters. The summed E-state index contributed by atoms with van der Waals surface area (Å²) in [5.74, 6) is 0.900. The summed E-state index contributed by atoms with van der Waals surface area (Å²) in [7, 11) is 0. The Morgan fingerprint density at radius 2 is 1.09 bits per heavy atom. The summed E-state index contributed by atoms with van der Waals surface area (Å²) in [6.45, 7) is 0. The molecule has 1 aliphatic rings. The predicted molar refractivity (Wildman–Crippen MR) is 188 cm³/mol. The molecule has 5 heterocycles. The normalized spacial score (nSPS) is 12.3. The lowest BCUT2D eigenvalue weighted by molar-refractivity contribution is 1.09. The van der Waals surface area contributed by atoms with Crippen molar-refractivity contribution in [2.45, 2.75) is 0 Å². The molecule has 46 heavy (non-hydrogen) atoms.